The minimum absolute atomic E-state index is 0.367. The Morgan fingerprint density at radius 1 is 1.15 bits per heavy atom. The molecule has 0 unspecified atom stereocenters. The Kier molecular flexibility index (Phi) is 8.74. The zero-order chi connectivity index (χ0) is 19.6. The van der Waals surface area contributed by atoms with Crippen molar-refractivity contribution in [1.29, 1.82) is 0 Å². The average Bonchev–Trinajstić information content (AvgIpc) is 2.68. The molecule has 0 aromatic heterocycles. The first-order valence-corrected chi connectivity index (χ1v) is 9.81. The number of hydrogen-bond donors (Lipinski definition) is 0. The van der Waals surface area contributed by atoms with Gasteiger partial charge in [0.2, 0.25) is 0 Å². The maximum Gasteiger partial charge on any atom is 0.335 e. The quantitative estimate of drug-likeness (QED) is 0.231. The molecule has 0 N–H and O–H groups in total. The standard InChI is InChI=1S/C21H24INO4/c1-4-26-20(21(24)25-3)13-17-6-5-7-18(12-17)15(2)23-27-14-16-8-10-19(22)11-9-16/h5-12,20H,4,13-14H2,1-3H3/b23-15+/t20-/m1/s1. The highest BCUT2D eigenvalue weighted by Gasteiger charge is 2.20. The molecule has 1 atom stereocenters. The summed E-state index contributed by atoms with van der Waals surface area (Å²) in [6.07, 6.45) is -0.157. The van der Waals surface area contributed by atoms with Gasteiger partial charge in [0.25, 0.3) is 0 Å². The van der Waals surface area contributed by atoms with Crippen LogP contribution in [0.4, 0.5) is 0 Å². The number of esters is 1. The van der Waals surface area contributed by atoms with Gasteiger partial charge in [-0.1, -0.05) is 35.5 Å². The third-order valence-electron chi connectivity index (χ3n) is 3.94. The number of hydrogen-bond acceptors (Lipinski definition) is 5. The predicted molar refractivity (Wildman–Crippen MR) is 114 cm³/mol. The highest BCUT2D eigenvalue weighted by atomic mass is 127. The van der Waals surface area contributed by atoms with Gasteiger partial charge in [-0.25, -0.2) is 4.79 Å². The molecular weight excluding hydrogens is 457 g/mol. The van der Waals surface area contributed by atoms with Crippen molar-refractivity contribution in [2.75, 3.05) is 13.7 Å². The zero-order valence-electron chi connectivity index (χ0n) is 15.8. The van der Waals surface area contributed by atoms with Gasteiger partial charge >= 0.3 is 5.97 Å². The van der Waals surface area contributed by atoms with Crippen LogP contribution in [-0.2, 0) is 32.1 Å². The molecule has 0 bridgehead atoms. The van der Waals surface area contributed by atoms with E-state index in [0.717, 1.165) is 22.4 Å². The summed E-state index contributed by atoms with van der Waals surface area (Å²) in [5.41, 5.74) is 3.76. The van der Waals surface area contributed by atoms with Gasteiger partial charge < -0.3 is 14.3 Å². The molecule has 5 nitrogen and oxygen atoms in total. The molecule has 2 aromatic carbocycles. The van der Waals surface area contributed by atoms with Gasteiger partial charge in [-0.05, 0) is 71.3 Å². The number of halogens is 1. The summed E-state index contributed by atoms with van der Waals surface area (Å²) in [6.45, 7) is 4.62. The highest BCUT2D eigenvalue weighted by molar-refractivity contribution is 14.1. The number of methoxy groups -OCH3 is 1. The fourth-order valence-electron chi connectivity index (χ4n) is 2.52. The van der Waals surface area contributed by atoms with Crippen LogP contribution in [-0.4, -0.2) is 31.5 Å². The molecule has 0 aliphatic carbocycles. The molecule has 6 heteroatoms. The summed E-state index contributed by atoms with van der Waals surface area (Å²) >= 11 is 2.27. The van der Waals surface area contributed by atoms with Crippen LogP contribution in [0.2, 0.25) is 0 Å². The van der Waals surface area contributed by atoms with Gasteiger partial charge in [-0.2, -0.15) is 0 Å². The second-order valence-electron chi connectivity index (χ2n) is 5.95. The van der Waals surface area contributed by atoms with Crippen LogP contribution < -0.4 is 0 Å². The Morgan fingerprint density at radius 3 is 2.56 bits per heavy atom. The van der Waals surface area contributed by atoms with Crippen LogP contribution in [0.5, 0.6) is 0 Å². The Morgan fingerprint density at radius 2 is 1.89 bits per heavy atom. The maximum absolute atomic E-state index is 11.8. The van der Waals surface area contributed by atoms with E-state index >= 15 is 0 Å². The summed E-state index contributed by atoms with van der Waals surface area (Å²) in [7, 11) is 1.37. The van der Waals surface area contributed by atoms with E-state index in [2.05, 4.69) is 27.7 Å². The van der Waals surface area contributed by atoms with Crippen LogP contribution in [0.1, 0.15) is 30.5 Å². The summed E-state index contributed by atoms with van der Waals surface area (Å²) < 4.78 is 11.5. The zero-order valence-corrected chi connectivity index (χ0v) is 17.9. The van der Waals surface area contributed by atoms with Crippen molar-refractivity contribution in [2.24, 2.45) is 5.16 Å². The van der Waals surface area contributed by atoms with Gasteiger partial charge in [-0.15, -0.1) is 0 Å². The molecule has 0 amide bonds. The number of oxime groups is 1. The molecule has 0 aliphatic heterocycles. The van der Waals surface area contributed by atoms with Crippen molar-refractivity contribution in [2.45, 2.75) is 33.0 Å². The molecule has 0 saturated heterocycles. The van der Waals surface area contributed by atoms with Crippen molar-refractivity contribution in [1.82, 2.24) is 0 Å². The van der Waals surface area contributed by atoms with Gasteiger partial charge in [0.15, 0.2) is 6.10 Å². The second kappa shape index (κ2) is 11.0. The van der Waals surface area contributed by atoms with E-state index in [1.54, 1.807) is 0 Å². The first kappa shape index (κ1) is 21.4. The fraction of sp³-hybridized carbons (Fsp3) is 0.333. The molecule has 144 valence electrons. The predicted octanol–water partition coefficient (Wildman–Crippen LogP) is 4.35. The van der Waals surface area contributed by atoms with Gasteiger partial charge in [0.05, 0.1) is 12.8 Å². The lowest BCUT2D eigenvalue weighted by Gasteiger charge is -2.15. The summed E-state index contributed by atoms with van der Waals surface area (Å²) in [5.74, 6) is -0.367. The average molecular weight is 481 g/mol. The van der Waals surface area contributed by atoms with Crippen molar-refractivity contribution in [3.63, 3.8) is 0 Å². The monoisotopic (exact) mass is 481 g/mol. The lowest BCUT2D eigenvalue weighted by molar-refractivity contribution is -0.153. The third-order valence-corrected chi connectivity index (χ3v) is 4.66. The second-order valence-corrected chi connectivity index (χ2v) is 7.19. The number of rotatable bonds is 9. The molecule has 0 saturated carbocycles. The molecule has 0 heterocycles. The SMILES string of the molecule is CCO[C@H](Cc1cccc(/C(C)=N/OCc2ccc(I)cc2)c1)C(=O)OC. The van der Waals surface area contributed by atoms with Gasteiger partial charge in [0.1, 0.15) is 6.61 Å². The van der Waals surface area contributed by atoms with Crippen LogP contribution in [0.3, 0.4) is 0 Å². The molecule has 27 heavy (non-hydrogen) atoms. The molecule has 0 spiro atoms. The lowest BCUT2D eigenvalue weighted by Crippen LogP contribution is -2.28. The number of carbonyl (C=O) groups excluding carboxylic acids is 1. The minimum Gasteiger partial charge on any atom is -0.467 e. The van der Waals surface area contributed by atoms with Crippen LogP contribution >= 0.6 is 22.6 Å². The summed E-state index contributed by atoms with van der Waals surface area (Å²) in [6, 6.07) is 16.0. The Balaban J connectivity index is 2.01. The topological polar surface area (TPSA) is 57.1 Å². The normalized spacial score (nSPS) is 12.5. The Hall–Kier alpha value is -1.93. The number of nitrogens with zero attached hydrogens (tertiary/aromatic N) is 1. The Labute approximate surface area is 173 Å². The molecular formula is C21H24INO4. The van der Waals surface area contributed by atoms with E-state index in [1.807, 2.05) is 62.4 Å². The van der Waals surface area contributed by atoms with Crippen molar-refractivity contribution >= 4 is 34.3 Å². The molecule has 0 fully saturated rings. The van der Waals surface area contributed by atoms with Gasteiger partial charge in [0, 0.05) is 16.6 Å². The molecule has 0 aliphatic rings. The van der Waals surface area contributed by atoms with Crippen molar-refractivity contribution < 1.29 is 19.1 Å². The number of ether oxygens (including phenoxy) is 2. The third kappa shape index (κ3) is 6.95. The van der Waals surface area contributed by atoms with E-state index in [-0.39, 0.29) is 5.97 Å². The molecule has 2 aromatic rings. The van der Waals surface area contributed by atoms with Crippen molar-refractivity contribution in [3.8, 4) is 0 Å². The fourth-order valence-corrected chi connectivity index (χ4v) is 2.88. The summed E-state index contributed by atoms with van der Waals surface area (Å²) in [5, 5.41) is 4.21. The molecule has 0 radical (unpaired) electrons. The first-order chi connectivity index (χ1) is 13.0. The van der Waals surface area contributed by atoms with Crippen LogP contribution in [0.15, 0.2) is 53.7 Å². The summed E-state index contributed by atoms with van der Waals surface area (Å²) in [4.78, 5) is 17.3. The van der Waals surface area contributed by atoms with E-state index < -0.39 is 6.10 Å². The van der Waals surface area contributed by atoms with E-state index in [9.17, 15) is 4.79 Å². The van der Waals surface area contributed by atoms with E-state index in [1.165, 1.54) is 10.7 Å². The molecule has 2 rings (SSSR count). The lowest BCUT2D eigenvalue weighted by atomic mass is 10.0. The smallest absolute Gasteiger partial charge is 0.335 e. The first-order valence-electron chi connectivity index (χ1n) is 8.73. The number of carbonyl (C=O) groups is 1. The minimum atomic E-state index is -0.607. The maximum atomic E-state index is 11.8. The highest BCUT2D eigenvalue weighted by Crippen LogP contribution is 2.13. The van der Waals surface area contributed by atoms with E-state index in [0.29, 0.717) is 19.6 Å². The van der Waals surface area contributed by atoms with Crippen molar-refractivity contribution in [3.05, 3.63) is 68.8 Å². The number of benzene rings is 2. The van der Waals surface area contributed by atoms with E-state index in [4.69, 9.17) is 14.3 Å². The largest absolute Gasteiger partial charge is 0.467 e. The van der Waals surface area contributed by atoms with Crippen LogP contribution in [0.25, 0.3) is 0 Å². The van der Waals surface area contributed by atoms with Gasteiger partial charge in [-0.3, -0.25) is 0 Å². The Bertz CT molecular complexity index is 774. The van der Waals surface area contributed by atoms with Crippen LogP contribution in [0, 0.1) is 3.57 Å².